The van der Waals surface area contributed by atoms with Crippen molar-refractivity contribution in [2.75, 3.05) is 13.1 Å². The third-order valence-corrected chi connectivity index (χ3v) is 5.18. The van der Waals surface area contributed by atoms with Crippen LogP contribution in [0.25, 0.3) is 0 Å². The summed E-state index contributed by atoms with van der Waals surface area (Å²) >= 11 is 0. The van der Waals surface area contributed by atoms with Gasteiger partial charge in [0.1, 0.15) is 11.6 Å². The van der Waals surface area contributed by atoms with Crippen molar-refractivity contribution < 1.29 is 8.78 Å². The van der Waals surface area contributed by atoms with Gasteiger partial charge < -0.3 is 4.90 Å². The highest BCUT2D eigenvalue weighted by atomic mass is 19.1. The van der Waals surface area contributed by atoms with Gasteiger partial charge in [0.2, 0.25) is 0 Å². The summed E-state index contributed by atoms with van der Waals surface area (Å²) in [5.41, 5.74) is 2.08. The molecule has 0 amide bonds. The fourth-order valence-electron chi connectivity index (χ4n) is 3.70. The Bertz CT molecular complexity index is 591. The molecule has 1 aliphatic rings. The largest absolute Gasteiger partial charge is 0.301 e. The second kappa shape index (κ2) is 6.40. The highest BCUT2D eigenvalue weighted by molar-refractivity contribution is 5.40. The highest BCUT2D eigenvalue weighted by Crippen LogP contribution is 2.42. The number of benzene rings is 2. The van der Waals surface area contributed by atoms with Crippen molar-refractivity contribution >= 4 is 0 Å². The van der Waals surface area contributed by atoms with Crippen molar-refractivity contribution in [1.82, 2.24) is 4.90 Å². The zero-order chi connectivity index (χ0) is 16.4. The summed E-state index contributed by atoms with van der Waals surface area (Å²) < 4.78 is 26.7. The van der Waals surface area contributed by atoms with Gasteiger partial charge in [-0.2, -0.15) is 0 Å². The number of rotatable bonds is 3. The molecule has 1 nitrogen and oxygen atoms in total. The number of likely N-dealkylation sites (tertiary alicyclic amines) is 1. The molecule has 3 heteroatoms. The molecule has 1 heterocycles. The molecular weight excluding hydrogens is 292 g/mol. The molecule has 23 heavy (non-hydrogen) atoms. The summed E-state index contributed by atoms with van der Waals surface area (Å²) in [7, 11) is 0. The molecule has 1 saturated heterocycles. The topological polar surface area (TPSA) is 3.24 Å². The summed E-state index contributed by atoms with van der Waals surface area (Å²) in [5.74, 6) is -0.440. The zero-order valence-corrected chi connectivity index (χ0v) is 13.7. The molecule has 0 saturated carbocycles. The van der Waals surface area contributed by atoms with Crippen LogP contribution in [0.2, 0.25) is 0 Å². The summed E-state index contributed by atoms with van der Waals surface area (Å²) in [6.45, 7) is 6.41. The van der Waals surface area contributed by atoms with E-state index in [2.05, 4.69) is 18.7 Å². The Hall–Kier alpha value is -1.74. The van der Waals surface area contributed by atoms with Crippen LogP contribution >= 0.6 is 0 Å². The van der Waals surface area contributed by atoms with Crippen LogP contribution in [-0.4, -0.2) is 24.0 Å². The molecule has 1 fully saturated rings. The van der Waals surface area contributed by atoms with Crippen LogP contribution in [-0.2, 0) is 5.41 Å². The number of halogens is 2. The third kappa shape index (κ3) is 3.16. The van der Waals surface area contributed by atoms with Gasteiger partial charge in [-0.25, -0.2) is 8.78 Å². The van der Waals surface area contributed by atoms with E-state index in [1.807, 2.05) is 24.3 Å². The molecule has 0 aliphatic carbocycles. The SMILES string of the molecule is CC(C)N1CCC(c2ccc(F)cc2)(c2ccc(F)cc2)CC1. The molecule has 0 N–H and O–H groups in total. The maximum Gasteiger partial charge on any atom is 0.123 e. The lowest BCUT2D eigenvalue weighted by Gasteiger charge is -2.44. The van der Waals surface area contributed by atoms with Crippen molar-refractivity contribution in [2.24, 2.45) is 0 Å². The van der Waals surface area contributed by atoms with Gasteiger partial charge in [0.05, 0.1) is 0 Å². The number of nitrogens with zero attached hydrogens (tertiary/aromatic N) is 1. The molecule has 122 valence electrons. The molecular formula is C20H23F2N. The maximum absolute atomic E-state index is 13.3. The average molecular weight is 315 g/mol. The predicted octanol–water partition coefficient (Wildman–Crippen LogP) is 4.76. The highest BCUT2D eigenvalue weighted by Gasteiger charge is 2.38. The monoisotopic (exact) mass is 315 g/mol. The summed E-state index contributed by atoms with van der Waals surface area (Å²) in [4.78, 5) is 2.46. The molecule has 2 aromatic carbocycles. The van der Waals surface area contributed by atoms with Gasteiger partial charge in [-0.15, -0.1) is 0 Å². The van der Waals surface area contributed by atoms with Gasteiger partial charge in [-0.3, -0.25) is 0 Å². The van der Waals surface area contributed by atoms with Crippen molar-refractivity contribution in [3.05, 3.63) is 71.3 Å². The van der Waals surface area contributed by atoms with Crippen LogP contribution < -0.4 is 0 Å². The Morgan fingerprint density at radius 2 is 1.17 bits per heavy atom. The fraction of sp³-hybridized carbons (Fsp3) is 0.400. The lowest BCUT2D eigenvalue weighted by atomic mass is 9.68. The molecule has 3 rings (SSSR count). The first-order valence-electron chi connectivity index (χ1n) is 8.27. The molecule has 0 atom stereocenters. The number of hydrogen-bond donors (Lipinski definition) is 0. The Morgan fingerprint density at radius 1 is 0.783 bits per heavy atom. The van der Waals surface area contributed by atoms with Crippen molar-refractivity contribution in [3.8, 4) is 0 Å². The molecule has 0 unspecified atom stereocenters. The van der Waals surface area contributed by atoms with E-state index < -0.39 is 0 Å². The van der Waals surface area contributed by atoms with Crippen LogP contribution in [0.1, 0.15) is 37.8 Å². The van der Waals surface area contributed by atoms with Gasteiger partial charge in [-0.05, 0) is 75.2 Å². The van der Waals surface area contributed by atoms with E-state index in [0.29, 0.717) is 6.04 Å². The lowest BCUT2D eigenvalue weighted by Crippen LogP contribution is -2.45. The van der Waals surface area contributed by atoms with Crippen molar-refractivity contribution in [2.45, 2.75) is 38.1 Å². The van der Waals surface area contributed by atoms with Gasteiger partial charge in [0.15, 0.2) is 0 Å². The smallest absolute Gasteiger partial charge is 0.123 e. The van der Waals surface area contributed by atoms with Gasteiger partial charge in [-0.1, -0.05) is 24.3 Å². The van der Waals surface area contributed by atoms with Gasteiger partial charge in [0, 0.05) is 11.5 Å². The Kier molecular flexibility index (Phi) is 4.49. The quantitative estimate of drug-likeness (QED) is 0.789. The second-order valence-corrected chi connectivity index (χ2v) is 6.73. The summed E-state index contributed by atoms with van der Waals surface area (Å²) in [5, 5.41) is 0. The van der Waals surface area contributed by atoms with Gasteiger partial charge >= 0.3 is 0 Å². The predicted molar refractivity (Wildman–Crippen MR) is 89.5 cm³/mol. The van der Waals surface area contributed by atoms with Crippen LogP contribution in [0.3, 0.4) is 0 Å². The minimum atomic E-state index is -0.220. The van der Waals surface area contributed by atoms with Gasteiger partial charge in [0.25, 0.3) is 0 Å². The minimum absolute atomic E-state index is 0.160. The lowest BCUT2D eigenvalue weighted by molar-refractivity contribution is 0.145. The first kappa shape index (κ1) is 16.1. The van der Waals surface area contributed by atoms with E-state index in [0.717, 1.165) is 37.1 Å². The van der Waals surface area contributed by atoms with E-state index in [-0.39, 0.29) is 17.0 Å². The van der Waals surface area contributed by atoms with E-state index in [1.165, 1.54) is 24.3 Å². The Balaban J connectivity index is 2.00. The standard InChI is InChI=1S/C20H23F2N/c1-15(2)23-13-11-20(12-14-23,16-3-7-18(21)8-4-16)17-5-9-19(22)10-6-17/h3-10,15H,11-14H2,1-2H3. The third-order valence-electron chi connectivity index (χ3n) is 5.18. The normalized spacial score (nSPS) is 18.3. The zero-order valence-electron chi connectivity index (χ0n) is 13.7. The number of hydrogen-bond acceptors (Lipinski definition) is 1. The molecule has 0 bridgehead atoms. The summed E-state index contributed by atoms with van der Waals surface area (Å²) in [6, 6.07) is 14.1. The van der Waals surface area contributed by atoms with Crippen LogP contribution in [0.4, 0.5) is 8.78 Å². The first-order valence-corrected chi connectivity index (χ1v) is 8.27. The Labute approximate surface area is 136 Å². The van der Waals surface area contributed by atoms with Crippen molar-refractivity contribution in [3.63, 3.8) is 0 Å². The van der Waals surface area contributed by atoms with E-state index in [1.54, 1.807) is 0 Å². The Morgan fingerprint density at radius 3 is 1.52 bits per heavy atom. The molecule has 2 aromatic rings. The maximum atomic E-state index is 13.3. The van der Waals surface area contributed by atoms with Crippen LogP contribution in [0.5, 0.6) is 0 Å². The first-order chi connectivity index (χ1) is 11.0. The van der Waals surface area contributed by atoms with Crippen molar-refractivity contribution in [1.29, 1.82) is 0 Å². The minimum Gasteiger partial charge on any atom is -0.301 e. The van der Waals surface area contributed by atoms with E-state index in [4.69, 9.17) is 0 Å². The molecule has 1 aliphatic heterocycles. The van der Waals surface area contributed by atoms with E-state index >= 15 is 0 Å². The number of piperidine rings is 1. The molecule has 0 aromatic heterocycles. The second-order valence-electron chi connectivity index (χ2n) is 6.73. The van der Waals surface area contributed by atoms with E-state index in [9.17, 15) is 8.78 Å². The average Bonchev–Trinajstić information content (AvgIpc) is 2.56. The van der Waals surface area contributed by atoms with Crippen LogP contribution in [0.15, 0.2) is 48.5 Å². The fourth-order valence-corrected chi connectivity index (χ4v) is 3.70. The summed E-state index contributed by atoms with van der Waals surface area (Å²) in [6.07, 6.45) is 1.92. The molecule has 0 spiro atoms. The van der Waals surface area contributed by atoms with Crippen LogP contribution in [0, 0.1) is 11.6 Å². The molecule has 0 radical (unpaired) electrons.